The van der Waals surface area contributed by atoms with E-state index in [2.05, 4.69) is 18.2 Å². The highest BCUT2D eigenvalue weighted by Gasteiger charge is 2.53. The Bertz CT molecular complexity index is 1840. The molecule has 0 bridgehead atoms. The summed E-state index contributed by atoms with van der Waals surface area (Å²) in [6.45, 7) is 0.342. The molecule has 3 aliphatic rings. The zero-order valence-corrected chi connectivity index (χ0v) is 25.2. The number of hydrogen-bond donors (Lipinski definition) is 2. The van der Waals surface area contributed by atoms with Crippen molar-refractivity contribution < 1.29 is 29.1 Å². The molecule has 0 aromatic heterocycles. The van der Waals surface area contributed by atoms with Gasteiger partial charge in [-0.15, -0.1) is 0 Å². The van der Waals surface area contributed by atoms with Gasteiger partial charge in [-0.2, -0.15) is 0 Å². The van der Waals surface area contributed by atoms with Crippen molar-refractivity contribution in [1.82, 2.24) is 0 Å². The molecule has 1 aliphatic heterocycles. The van der Waals surface area contributed by atoms with Gasteiger partial charge in [-0.25, -0.2) is 0 Å². The Labute approximate surface area is 263 Å². The Morgan fingerprint density at radius 1 is 0.889 bits per heavy atom. The summed E-state index contributed by atoms with van der Waals surface area (Å²) >= 11 is 0. The third-order valence-electron chi connectivity index (χ3n) is 9.77. The molecule has 4 aromatic rings. The van der Waals surface area contributed by atoms with Crippen LogP contribution in [0.1, 0.15) is 51.1 Å². The summed E-state index contributed by atoms with van der Waals surface area (Å²) in [4.78, 5) is 27.7. The summed E-state index contributed by atoms with van der Waals surface area (Å²) in [7, 11) is 0.598. The van der Waals surface area contributed by atoms with Crippen molar-refractivity contribution in [3.8, 4) is 5.75 Å². The minimum Gasteiger partial charge on any atom is -0.507 e. The molecule has 2 N–H and O–H groups in total. The molecule has 7 rings (SSSR count). The number of benzene rings is 4. The standard InChI is InChI=1S/C38H35BO6/c1-44-22-26-20-31-36(38(42)30-14-8-7-13-29(30)37(31)41)32-21-39(43)45-34(35(26)32)18-16-24(23-9-3-2-4-10-23)19-25-15-17-33(40)28-12-6-5-11-27(25)28/h2-15,17,19,31-32,34,36,40,43H,16,18,20-22H2,1H3/b24-19-/t31-,32+,34-,36-/m1/s1. The Hall–Kier alpha value is -4.30. The first-order chi connectivity index (χ1) is 21.9. The van der Waals surface area contributed by atoms with E-state index in [-0.39, 0.29) is 29.6 Å². The number of allylic oxidation sites excluding steroid dienone is 1. The van der Waals surface area contributed by atoms with Crippen LogP contribution in [-0.2, 0) is 9.39 Å². The molecule has 1 fully saturated rings. The van der Waals surface area contributed by atoms with E-state index in [1.807, 2.05) is 48.5 Å². The number of rotatable bonds is 7. The van der Waals surface area contributed by atoms with Crippen molar-refractivity contribution in [2.75, 3.05) is 13.7 Å². The number of methoxy groups -OCH3 is 1. The maximum absolute atomic E-state index is 14.0. The SMILES string of the molecule is COCC1=C2[C@@H](CC/C(=C/c3ccc(O)c4ccccc34)c3ccccc3)OB(O)C[C@@H]2[C@@H]2C(=O)c3ccccc3C(=O)[C@@H]2C1. The number of ketones is 2. The molecular weight excluding hydrogens is 563 g/mol. The van der Waals surface area contributed by atoms with Crippen LogP contribution in [0.25, 0.3) is 22.4 Å². The molecule has 0 amide bonds. The maximum Gasteiger partial charge on any atom is 0.455 e. The number of carbonyl (C=O) groups is 2. The van der Waals surface area contributed by atoms with Crippen molar-refractivity contribution in [2.45, 2.75) is 31.7 Å². The third kappa shape index (κ3) is 5.35. The molecule has 45 heavy (non-hydrogen) atoms. The first-order valence-electron chi connectivity index (χ1n) is 15.6. The molecule has 0 saturated carbocycles. The zero-order chi connectivity index (χ0) is 31.1. The van der Waals surface area contributed by atoms with E-state index in [1.165, 1.54) is 0 Å². The fourth-order valence-electron chi connectivity index (χ4n) is 7.83. The highest BCUT2D eigenvalue weighted by molar-refractivity contribution is 6.43. The normalized spacial score (nSPS) is 23.2. The lowest BCUT2D eigenvalue weighted by Crippen LogP contribution is -2.51. The summed E-state index contributed by atoms with van der Waals surface area (Å²) in [5.41, 5.74) is 6.13. The molecular formula is C38H35BO6. The molecule has 6 nitrogen and oxygen atoms in total. The fourth-order valence-corrected chi connectivity index (χ4v) is 7.83. The van der Waals surface area contributed by atoms with E-state index in [0.29, 0.717) is 37.0 Å². The van der Waals surface area contributed by atoms with Gasteiger partial charge in [0, 0.05) is 35.5 Å². The smallest absolute Gasteiger partial charge is 0.455 e. The fraction of sp³-hybridized carbons (Fsp3) is 0.263. The number of carbonyl (C=O) groups excluding carboxylic acids is 2. The topological polar surface area (TPSA) is 93.1 Å². The Balaban J connectivity index is 1.26. The van der Waals surface area contributed by atoms with E-state index >= 15 is 0 Å². The quantitative estimate of drug-likeness (QED) is 0.135. The van der Waals surface area contributed by atoms with Gasteiger partial charge in [0.05, 0.1) is 12.7 Å². The van der Waals surface area contributed by atoms with Gasteiger partial charge in [0.15, 0.2) is 11.6 Å². The second kappa shape index (κ2) is 12.2. The van der Waals surface area contributed by atoms with Gasteiger partial charge in [0.25, 0.3) is 0 Å². The second-order valence-corrected chi connectivity index (χ2v) is 12.3. The summed E-state index contributed by atoms with van der Waals surface area (Å²) in [5, 5.41) is 23.2. The minimum absolute atomic E-state index is 0.00388. The van der Waals surface area contributed by atoms with E-state index < -0.39 is 25.1 Å². The number of hydrogen-bond acceptors (Lipinski definition) is 6. The molecule has 7 heteroatoms. The number of aromatic hydroxyl groups is 1. The summed E-state index contributed by atoms with van der Waals surface area (Å²) in [6.07, 6.45) is 3.64. The maximum atomic E-state index is 14.0. The molecule has 0 spiro atoms. The van der Waals surface area contributed by atoms with E-state index in [0.717, 1.165) is 38.6 Å². The average Bonchev–Trinajstić information content (AvgIpc) is 3.06. The third-order valence-corrected chi connectivity index (χ3v) is 9.77. The first kappa shape index (κ1) is 29.4. The number of Topliss-reactive ketones (excluding diaryl/α,β-unsaturated/α-hetero) is 2. The van der Waals surface area contributed by atoms with Crippen LogP contribution in [0, 0.1) is 17.8 Å². The molecule has 0 radical (unpaired) electrons. The first-order valence-corrected chi connectivity index (χ1v) is 15.6. The minimum atomic E-state index is -1.04. The predicted octanol–water partition coefficient (Wildman–Crippen LogP) is 7.02. The van der Waals surface area contributed by atoms with Gasteiger partial charge in [-0.3, -0.25) is 9.59 Å². The number of phenols is 1. The van der Waals surface area contributed by atoms with Crippen LogP contribution in [0.2, 0.25) is 6.32 Å². The zero-order valence-electron chi connectivity index (χ0n) is 25.2. The van der Waals surface area contributed by atoms with E-state index in [1.54, 1.807) is 37.4 Å². The van der Waals surface area contributed by atoms with Crippen LogP contribution in [0.4, 0.5) is 0 Å². The van der Waals surface area contributed by atoms with Gasteiger partial charge < -0.3 is 19.5 Å². The van der Waals surface area contributed by atoms with Gasteiger partial charge in [0.1, 0.15) is 5.75 Å². The van der Waals surface area contributed by atoms with Crippen molar-refractivity contribution in [3.63, 3.8) is 0 Å². The summed E-state index contributed by atoms with van der Waals surface area (Å²) < 4.78 is 11.9. The predicted molar refractivity (Wildman–Crippen MR) is 176 cm³/mol. The van der Waals surface area contributed by atoms with Crippen LogP contribution < -0.4 is 0 Å². The molecule has 2 aliphatic carbocycles. The van der Waals surface area contributed by atoms with Gasteiger partial charge in [-0.05, 0) is 70.8 Å². The summed E-state index contributed by atoms with van der Waals surface area (Å²) in [5.74, 6) is -1.10. The van der Waals surface area contributed by atoms with Crippen molar-refractivity contribution in [1.29, 1.82) is 0 Å². The molecule has 1 saturated heterocycles. The molecule has 0 unspecified atom stereocenters. The Kier molecular flexibility index (Phi) is 8.00. The van der Waals surface area contributed by atoms with Crippen LogP contribution in [0.3, 0.4) is 0 Å². The van der Waals surface area contributed by atoms with Crippen molar-refractivity contribution in [2.24, 2.45) is 17.8 Å². The number of fused-ring (bicyclic) bond motifs is 5. The molecule has 226 valence electrons. The molecule has 4 aromatic carbocycles. The summed E-state index contributed by atoms with van der Waals surface area (Å²) in [6, 6.07) is 28.7. The van der Waals surface area contributed by atoms with Crippen LogP contribution >= 0.6 is 0 Å². The van der Waals surface area contributed by atoms with Gasteiger partial charge in [0.2, 0.25) is 0 Å². The average molecular weight is 599 g/mol. The highest BCUT2D eigenvalue weighted by atomic mass is 16.5. The molecule has 4 atom stereocenters. The monoisotopic (exact) mass is 598 g/mol. The number of phenolic OH excluding ortho intramolecular Hbond substituents is 1. The van der Waals surface area contributed by atoms with Crippen LogP contribution in [-0.4, -0.2) is 48.6 Å². The molecule has 1 heterocycles. The van der Waals surface area contributed by atoms with E-state index in [9.17, 15) is 19.7 Å². The highest BCUT2D eigenvalue weighted by Crippen LogP contribution is 2.51. The Morgan fingerprint density at radius 3 is 2.33 bits per heavy atom. The largest absolute Gasteiger partial charge is 0.507 e. The number of ether oxygens (including phenoxy) is 1. The lowest BCUT2D eigenvalue weighted by molar-refractivity contribution is 0.0585. The van der Waals surface area contributed by atoms with Crippen molar-refractivity contribution in [3.05, 3.63) is 124 Å². The second-order valence-electron chi connectivity index (χ2n) is 12.3. The lowest BCUT2D eigenvalue weighted by atomic mass is 9.54. The van der Waals surface area contributed by atoms with E-state index in [4.69, 9.17) is 9.39 Å². The van der Waals surface area contributed by atoms with Crippen molar-refractivity contribution >= 4 is 41.1 Å². The lowest BCUT2D eigenvalue weighted by Gasteiger charge is -2.47. The van der Waals surface area contributed by atoms with Gasteiger partial charge in [-0.1, -0.05) is 91.0 Å². The van der Waals surface area contributed by atoms with Crippen LogP contribution in [0.5, 0.6) is 5.75 Å². The van der Waals surface area contributed by atoms with Gasteiger partial charge >= 0.3 is 7.12 Å². The van der Waals surface area contributed by atoms with Crippen LogP contribution in [0.15, 0.2) is 102 Å². The Morgan fingerprint density at radius 2 is 1.58 bits per heavy atom.